The number of aromatic nitrogens is 2. The van der Waals surface area contributed by atoms with Crippen LogP contribution in [0.2, 0.25) is 0 Å². The molecule has 1 aromatic rings. The molecule has 0 bridgehead atoms. The van der Waals surface area contributed by atoms with Gasteiger partial charge in [0.15, 0.2) is 0 Å². The first kappa shape index (κ1) is 13.7. The Balaban J connectivity index is 2.51. The van der Waals surface area contributed by atoms with E-state index < -0.39 is 16.9 Å². The molecule has 1 atom stereocenters. The van der Waals surface area contributed by atoms with Crippen LogP contribution in [0.15, 0.2) is 12.4 Å². The third kappa shape index (κ3) is 3.88. The lowest BCUT2D eigenvalue weighted by Gasteiger charge is -2.09. The van der Waals surface area contributed by atoms with Gasteiger partial charge in [-0.2, -0.15) is 0 Å². The van der Waals surface area contributed by atoms with E-state index in [0.717, 1.165) is 0 Å². The molecule has 2 N–H and O–H groups in total. The molecule has 1 unspecified atom stereocenters. The van der Waals surface area contributed by atoms with Gasteiger partial charge in [-0.3, -0.25) is 4.79 Å². The van der Waals surface area contributed by atoms with Crippen molar-refractivity contribution in [3.05, 3.63) is 22.5 Å². The predicted molar refractivity (Wildman–Crippen MR) is 61.3 cm³/mol. The Hall–Kier alpha value is -2.40. The molecule has 0 fully saturated rings. The first-order valence-corrected chi connectivity index (χ1v) is 5.08. The van der Waals surface area contributed by atoms with Crippen molar-refractivity contribution in [2.24, 2.45) is 0 Å². The lowest BCUT2D eigenvalue weighted by molar-refractivity contribution is -0.397. The van der Waals surface area contributed by atoms with E-state index in [4.69, 9.17) is 0 Å². The molecule has 1 aromatic heterocycles. The minimum absolute atomic E-state index is 0.0316. The van der Waals surface area contributed by atoms with Gasteiger partial charge in [-0.25, -0.2) is 4.57 Å². The first-order valence-electron chi connectivity index (χ1n) is 5.08. The number of hydrogen-bond donors (Lipinski definition) is 2. The zero-order valence-corrected chi connectivity index (χ0v) is 9.66. The number of carbonyl (C=O) groups is 1. The number of imidazole rings is 1. The van der Waals surface area contributed by atoms with E-state index in [9.17, 15) is 20.0 Å². The number of rotatable bonds is 5. The third-order valence-corrected chi connectivity index (χ3v) is 2.00. The minimum Gasteiger partial charge on any atom is -0.390 e. The number of aliphatic hydroxyl groups excluding tert-OH is 1. The van der Waals surface area contributed by atoms with Gasteiger partial charge in [-0.15, -0.1) is 0 Å². The summed E-state index contributed by atoms with van der Waals surface area (Å²) in [6, 6.07) is 0. The SMILES string of the molecule is CC#CC(=O)NCC(O)Cn1ccnc1[N+](=O)[O-]. The van der Waals surface area contributed by atoms with Crippen LogP contribution in [0.25, 0.3) is 0 Å². The molecule has 0 aliphatic heterocycles. The van der Waals surface area contributed by atoms with Crippen molar-refractivity contribution in [3.63, 3.8) is 0 Å². The Kier molecular flexibility index (Phi) is 4.83. The van der Waals surface area contributed by atoms with Crippen LogP contribution < -0.4 is 5.32 Å². The second-order valence-corrected chi connectivity index (χ2v) is 3.38. The Labute approximate surface area is 103 Å². The summed E-state index contributed by atoms with van der Waals surface area (Å²) in [5.41, 5.74) is 0. The Morgan fingerprint density at radius 2 is 2.50 bits per heavy atom. The molecule has 0 radical (unpaired) electrons. The maximum atomic E-state index is 11.0. The topological polar surface area (TPSA) is 110 Å². The number of nitro groups is 1. The van der Waals surface area contributed by atoms with Gasteiger partial charge in [0.25, 0.3) is 5.91 Å². The van der Waals surface area contributed by atoms with E-state index in [-0.39, 0.29) is 19.0 Å². The van der Waals surface area contributed by atoms with Crippen LogP contribution in [-0.4, -0.2) is 38.1 Å². The number of aliphatic hydroxyl groups is 1. The molecule has 18 heavy (non-hydrogen) atoms. The average Bonchev–Trinajstić information content (AvgIpc) is 2.75. The lowest BCUT2D eigenvalue weighted by atomic mass is 10.3. The fourth-order valence-corrected chi connectivity index (χ4v) is 1.28. The van der Waals surface area contributed by atoms with Gasteiger partial charge in [0.05, 0.1) is 6.54 Å². The number of carbonyl (C=O) groups excluding carboxylic acids is 1. The highest BCUT2D eigenvalue weighted by Crippen LogP contribution is 2.07. The van der Waals surface area contributed by atoms with Gasteiger partial charge in [0.2, 0.25) is 0 Å². The zero-order chi connectivity index (χ0) is 13.5. The molecule has 0 aliphatic carbocycles. The molecule has 0 saturated carbocycles. The van der Waals surface area contributed by atoms with Crippen LogP contribution in [0, 0.1) is 22.0 Å². The maximum absolute atomic E-state index is 11.0. The summed E-state index contributed by atoms with van der Waals surface area (Å²) in [4.78, 5) is 24.5. The van der Waals surface area contributed by atoms with Crippen molar-refractivity contribution in [3.8, 4) is 11.8 Å². The van der Waals surface area contributed by atoms with E-state index in [2.05, 4.69) is 22.1 Å². The molecule has 8 nitrogen and oxygen atoms in total. The Morgan fingerprint density at radius 3 is 3.11 bits per heavy atom. The Bertz CT molecular complexity index is 499. The van der Waals surface area contributed by atoms with Crippen molar-refractivity contribution in [2.45, 2.75) is 19.6 Å². The fourth-order valence-electron chi connectivity index (χ4n) is 1.28. The van der Waals surface area contributed by atoms with Crippen molar-refractivity contribution in [2.75, 3.05) is 6.54 Å². The largest absolute Gasteiger partial charge is 0.434 e. The van der Waals surface area contributed by atoms with Gasteiger partial charge in [-0.05, 0) is 17.8 Å². The summed E-state index contributed by atoms with van der Waals surface area (Å²) in [5, 5.41) is 22.6. The second-order valence-electron chi connectivity index (χ2n) is 3.38. The number of nitrogens with zero attached hydrogens (tertiary/aromatic N) is 3. The molecular weight excluding hydrogens is 240 g/mol. The molecule has 1 heterocycles. The summed E-state index contributed by atoms with van der Waals surface area (Å²) in [7, 11) is 0. The highest BCUT2D eigenvalue weighted by molar-refractivity contribution is 5.93. The average molecular weight is 252 g/mol. The minimum atomic E-state index is -0.958. The second kappa shape index (κ2) is 6.36. The molecular formula is C10H12N4O4. The van der Waals surface area contributed by atoms with E-state index in [1.807, 2.05) is 0 Å². The number of nitrogens with one attached hydrogen (secondary N) is 1. The van der Waals surface area contributed by atoms with E-state index in [1.54, 1.807) is 0 Å². The molecule has 0 aliphatic rings. The zero-order valence-electron chi connectivity index (χ0n) is 9.66. The molecule has 96 valence electrons. The molecule has 0 saturated heterocycles. The highest BCUT2D eigenvalue weighted by Gasteiger charge is 2.17. The van der Waals surface area contributed by atoms with Crippen LogP contribution in [0.3, 0.4) is 0 Å². The van der Waals surface area contributed by atoms with E-state index in [1.165, 1.54) is 23.9 Å². The molecule has 0 aromatic carbocycles. The van der Waals surface area contributed by atoms with Gasteiger partial charge >= 0.3 is 5.95 Å². The summed E-state index contributed by atoms with van der Waals surface area (Å²) in [6.07, 6.45) is 1.70. The van der Waals surface area contributed by atoms with Crippen LogP contribution in [-0.2, 0) is 11.3 Å². The monoisotopic (exact) mass is 252 g/mol. The normalized spacial score (nSPS) is 11.2. The molecule has 1 rings (SSSR count). The smallest absolute Gasteiger partial charge is 0.390 e. The predicted octanol–water partition coefficient (Wildman–Crippen LogP) is -0.708. The van der Waals surface area contributed by atoms with Gasteiger partial charge in [0, 0.05) is 6.54 Å². The fraction of sp³-hybridized carbons (Fsp3) is 0.400. The third-order valence-electron chi connectivity index (χ3n) is 2.00. The Morgan fingerprint density at radius 1 is 1.78 bits per heavy atom. The van der Waals surface area contributed by atoms with Crippen molar-refractivity contribution < 1.29 is 14.8 Å². The van der Waals surface area contributed by atoms with E-state index in [0.29, 0.717) is 0 Å². The van der Waals surface area contributed by atoms with Crippen molar-refractivity contribution in [1.82, 2.24) is 14.9 Å². The van der Waals surface area contributed by atoms with Crippen LogP contribution in [0.4, 0.5) is 5.95 Å². The van der Waals surface area contributed by atoms with Gasteiger partial charge in [0.1, 0.15) is 18.5 Å². The molecule has 8 heteroatoms. The quantitative estimate of drug-likeness (QED) is 0.408. The summed E-state index contributed by atoms with van der Waals surface area (Å²) in [6.45, 7) is 1.45. The van der Waals surface area contributed by atoms with Gasteiger partial charge < -0.3 is 20.5 Å². The van der Waals surface area contributed by atoms with E-state index >= 15 is 0 Å². The number of hydrogen-bond acceptors (Lipinski definition) is 5. The standard InChI is InChI=1S/C10H12N4O4/c1-2-3-9(16)12-6-8(15)7-13-5-4-11-10(13)14(17)18/h4-5,8,15H,6-7H2,1H3,(H,12,16). The van der Waals surface area contributed by atoms with Crippen LogP contribution in [0.5, 0.6) is 0 Å². The summed E-state index contributed by atoms with van der Waals surface area (Å²) in [5.74, 6) is 3.81. The lowest BCUT2D eigenvalue weighted by Crippen LogP contribution is -2.33. The molecule has 1 amide bonds. The van der Waals surface area contributed by atoms with Crippen LogP contribution in [0.1, 0.15) is 6.92 Å². The van der Waals surface area contributed by atoms with Crippen molar-refractivity contribution >= 4 is 11.9 Å². The van der Waals surface area contributed by atoms with Gasteiger partial charge in [-0.1, -0.05) is 10.9 Å². The number of amides is 1. The maximum Gasteiger partial charge on any atom is 0.434 e. The summed E-state index contributed by atoms with van der Waals surface area (Å²) >= 11 is 0. The van der Waals surface area contributed by atoms with Crippen molar-refractivity contribution in [1.29, 1.82) is 0 Å². The highest BCUT2D eigenvalue weighted by atomic mass is 16.6. The van der Waals surface area contributed by atoms with Crippen LogP contribution >= 0.6 is 0 Å². The first-order chi connectivity index (χ1) is 8.54. The summed E-state index contributed by atoms with van der Waals surface area (Å²) < 4.78 is 1.20. The molecule has 0 spiro atoms.